The first kappa shape index (κ1) is 14.9. The number of halogens is 1. The fourth-order valence-corrected chi connectivity index (χ4v) is 2.12. The summed E-state index contributed by atoms with van der Waals surface area (Å²) in [7, 11) is 1.43. The number of aliphatic hydroxyl groups is 1. The first-order chi connectivity index (χ1) is 8.51. The summed E-state index contributed by atoms with van der Waals surface area (Å²) in [5.74, 6) is 0.0291. The van der Waals surface area contributed by atoms with E-state index in [0.717, 1.165) is 0 Å². The molecule has 1 aromatic rings. The number of hydrogen-bond donors (Lipinski definition) is 2. The van der Waals surface area contributed by atoms with Crippen LogP contribution in [0.4, 0.5) is 4.39 Å². The lowest BCUT2D eigenvalue weighted by atomic mass is 9.87. The summed E-state index contributed by atoms with van der Waals surface area (Å²) in [6.45, 7) is 4.40. The number of hydrogen-bond acceptors (Lipinski definition) is 3. The summed E-state index contributed by atoms with van der Waals surface area (Å²) in [5.41, 5.74) is 6.10. The van der Waals surface area contributed by atoms with Gasteiger partial charge in [-0.1, -0.05) is 26.0 Å². The van der Waals surface area contributed by atoms with Crippen LogP contribution in [0.3, 0.4) is 0 Å². The number of nitrogens with two attached hydrogens (primary N) is 1. The first-order valence-corrected chi connectivity index (χ1v) is 6.20. The first-order valence-electron chi connectivity index (χ1n) is 6.20. The topological polar surface area (TPSA) is 55.5 Å². The molecule has 2 unspecified atom stereocenters. The molecule has 2 atom stereocenters. The molecule has 0 radical (unpaired) electrons. The molecule has 0 spiro atoms. The Balaban J connectivity index is 2.84. The highest BCUT2D eigenvalue weighted by atomic mass is 19.1. The SMILES string of the molecule is COc1cccc(CC(O)C(CN)C(C)C)c1F. The van der Waals surface area contributed by atoms with E-state index >= 15 is 0 Å². The van der Waals surface area contributed by atoms with Crippen LogP contribution >= 0.6 is 0 Å². The lowest BCUT2D eigenvalue weighted by Crippen LogP contribution is -2.33. The molecule has 0 saturated heterocycles. The number of aliphatic hydroxyl groups excluding tert-OH is 1. The minimum Gasteiger partial charge on any atom is -0.494 e. The van der Waals surface area contributed by atoms with Gasteiger partial charge in [-0.05, 0) is 30.0 Å². The highest BCUT2D eigenvalue weighted by Gasteiger charge is 2.23. The van der Waals surface area contributed by atoms with Crippen LogP contribution in [0.15, 0.2) is 18.2 Å². The Morgan fingerprint density at radius 2 is 2.06 bits per heavy atom. The normalized spacial score (nSPS) is 14.6. The van der Waals surface area contributed by atoms with E-state index in [2.05, 4.69) is 0 Å². The summed E-state index contributed by atoms with van der Waals surface area (Å²) < 4.78 is 18.9. The molecule has 0 bridgehead atoms. The van der Waals surface area contributed by atoms with E-state index in [0.29, 0.717) is 12.1 Å². The molecule has 1 aromatic carbocycles. The molecule has 1 rings (SSSR count). The number of methoxy groups -OCH3 is 1. The van der Waals surface area contributed by atoms with Gasteiger partial charge in [0.25, 0.3) is 0 Å². The predicted molar refractivity (Wildman–Crippen MR) is 70.0 cm³/mol. The maximum absolute atomic E-state index is 13.9. The Bertz CT molecular complexity index is 382. The Morgan fingerprint density at radius 3 is 2.56 bits per heavy atom. The van der Waals surface area contributed by atoms with Crippen LogP contribution in [0.1, 0.15) is 19.4 Å². The molecule has 0 aliphatic carbocycles. The summed E-state index contributed by atoms with van der Waals surface area (Å²) in [4.78, 5) is 0. The molecule has 0 aliphatic heterocycles. The second-order valence-corrected chi connectivity index (χ2v) is 4.85. The van der Waals surface area contributed by atoms with Gasteiger partial charge >= 0.3 is 0 Å². The number of rotatable bonds is 6. The van der Waals surface area contributed by atoms with E-state index in [1.807, 2.05) is 13.8 Å². The molecule has 0 amide bonds. The van der Waals surface area contributed by atoms with Crippen LogP contribution in [-0.2, 0) is 6.42 Å². The third-order valence-corrected chi connectivity index (χ3v) is 3.31. The second-order valence-electron chi connectivity index (χ2n) is 4.85. The van der Waals surface area contributed by atoms with Crippen LogP contribution in [0.2, 0.25) is 0 Å². The van der Waals surface area contributed by atoms with Crippen molar-refractivity contribution in [3.63, 3.8) is 0 Å². The maximum Gasteiger partial charge on any atom is 0.168 e. The average molecular weight is 255 g/mol. The maximum atomic E-state index is 13.9. The standard InChI is InChI=1S/C14H22FNO2/c1-9(2)11(8-16)12(17)7-10-5-4-6-13(18-3)14(10)15/h4-6,9,11-12,17H,7-8,16H2,1-3H3. The minimum absolute atomic E-state index is 0.0319. The van der Waals surface area contributed by atoms with Gasteiger partial charge in [0.1, 0.15) is 0 Å². The molecule has 102 valence electrons. The smallest absolute Gasteiger partial charge is 0.168 e. The monoisotopic (exact) mass is 255 g/mol. The minimum atomic E-state index is -0.642. The van der Waals surface area contributed by atoms with Crippen molar-refractivity contribution in [2.45, 2.75) is 26.4 Å². The average Bonchev–Trinajstić information content (AvgIpc) is 2.32. The van der Waals surface area contributed by atoms with Crippen molar-refractivity contribution < 1.29 is 14.2 Å². The molecule has 0 aromatic heterocycles. The molecule has 0 aliphatic rings. The van der Waals surface area contributed by atoms with E-state index in [9.17, 15) is 9.50 Å². The molecule has 4 heteroatoms. The van der Waals surface area contributed by atoms with Crippen molar-refractivity contribution in [2.24, 2.45) is 17.6 Å². The van der Waals surface area contributed by atoms with E-state index in [1.54, 1.807) is 18.2 Å². The van der Waals surface area contributed by atoms with Gasteiger partial charge in [-0.15, -0.1) is 0 Å². The highest BCUT2D eigenvalue weighted by molar-refractivity contribution is 5.31. The summed E-state index contributed by atoms with van der Waals surface area (Å²) in [6.07, 6.45) is -0.389. The molecule has 0 fully saturated rings. The Labute approximate surface area is 108 Å². The Hall–Kier alpha value is -1.13. The van der Waals surface area contributed by atoms with Crippen molar-refractivity contribution in [2.75, 3.05) is 13.7 Å². The van der Waals surface area contributed by atoms with Gasteiger partial charge in [-0.2, -0.15) is 0 Å². The molecule has 18 heavy (non-hydrogen) atoms. The predicted octanol–water partition coefficient (Wildman–Crippen LogP) is 1.97. The van der Waals surface area contributed by atoms with Crippen LogP contribution in [0.25, 0.3) is 0 Å². The van der Waals surface area contributed by atoms with Crippen molar-refractivity contribution in [1.29, 1.82) is 0 Å². The van der Waals surface area contributed by atoms with E-state index < -0.39 is 11.9 Å². The molecular weight excluding hydrogens is 233 g/mol. The van der Waals surface area contributed by atoms with Crippen LogP contribution in [0, 0.1) is 17.7 Å². The van der Waals surface area contributed by atoms with E-state index in [1.165, 1.54) is 7.11 Å². The number of ether oxygens (including phenoxy) is 1. The second kappa shape index (κ2) is 6.71. The third-order valence-electron chi connectivity index (χ3n) is 3.31. The van der Waals surface area contributed by atoms with E-state index in [-0.39, 0.29) is 24.0 Å². The van der Waals surface area contributed by atoms with Crippen molar-refractivity contribution in [3.8, 4) is 5.75 Å². The molecule has 3 N–H and O–H groups in total. The van der Waals surface area contributed by atoms with Crippen LogP contribution in [-0.4, -0.2) is 24.9 Å². The van der Waals surface area contributed by atoms with E-state index in [4.69, 9.17) is 10.5 Å². The van der Waals surface area contributed by atoms with Gasteiger partial charge in [0.05, 0.1) is 13.2 Å². The largest absolute Gasteiger partial charge is 0.494 e. The van der Waals surface area contributed by atoms with Gasteiger partial charge < -0.3 is 15.6 Å². The molecule has 0 saturated carbocycles. The molecule has 3 nitrogen and oxygen atoms in total. The quantitative estimate of drug-likeness (QED) is 0.817. The highest BCUT2D eigenvalue weighted by Crippen LogP contribution is 2.24. The molecular formula is C14H22FNO2. The lowest BCUT2D eigenvalue weighted by molar-refractivity contribution is 0.0854. The van der Waals surface area contributed by atoms with Crippen LogP contribution < -0.4 is 10.5 Å². The fraction of sp³-hybridized carbons (Fsp3) is 0.571. The lowest BCUT2D eigenvalue weighted by Gasteiger charge is -2.25. The summed E-state index contributed by atoms with van der Waals surface area (Å²) in [6, 6.07) is 4.94. The van der Waals surface area contributed by atoms with Gasteiger partial charge in [0.2, 0.25) is 0 Å². The third kappa shape index (κ3) is 3.43. The fourth-order valence-electron chi connectivity index (χ4n) is 2.12. The van der Waals surface area contributed by atoms with Gasteiger partial charge in [-0.3, -0.25) is 0 Å². The summed E-state index contributed by atoms with van der Waals surface area (Å²) in [5, 5.41) is 10.1. The summed E-state index contributed by atoms with van der Waals surface area (Å²) >= 11 is 0. The number of benzene rings is 1. The van der Waals surface area contributed by atoms with Crippen molar-refractivity contribution in [1.82, 2.24) is 0 Å². The Morgan fingerprint density at radius 1 is 1.39 bits per heavy atom. The van der Waals surface area contributed by atoms with Gasteiger partial charge in [-0.25, -0.2) is 4.39 Å². The Kier molecular flexibility index (Phi) is 5.56. The van der Waals surface area contributed by atoms with Gasteiger partial charge in [0, 0.05) is 6.42 Å². The van der Waals surface area contributed by atoms with Gasteiger partial charge in [0.15, 0.2) is 11.6 Å². The zero-order valence-electron chi connectivity index (χ0n) is 11.2. The van der Waals surface area contributed by atoms with Crippen LogP contribution in [0.5, 0.6) is 5.75 Å². The zero-order valence-corrected chi connectivity index (χ0v) is 11.2. The zero-order chi connectivity index (χ0) is 13.7. The van der Waals surface area contributed by atoms with Crippen molar-refractivity contribution in [3.05, 3.63) is 29.6 Å². The molecule has 0 heterocycles. The van der Waals surface area contributed by atoms with Crippen molar-refractivity contribution >= 4 is 0 Å².